The Morgan fingerprint density at radius 3 is 0.627 bits per heavy atom. The molecule has 0 amide bonds. The van der Waals surface area contributed by atoms with Gasteiger partial charge in [-0.1, -0.05) is 206 Å². The Bertz CT molecular complexity index is 2050. The molecule has 0 saturated carbocycles. The van der Waals surface area contributed by atoms with Crippen molar-refractivity contribution in [3.63, 3.8) is 0 Å². The average Bonchev–Trinajstić information content (AvgIpc) is 3.85. The zero-order chi connectivity index (χ0) is 62.6. The molecule has 0 aliphatic heterocycles. The van der Waals surface area contributed by atoms with Crippen LogP contribution in [0.5, 0.6) is 0 Å². The fourth-order valence-electron chi connectivity index (χ4n) is 9.16. The van der Waals surface area contributed by atoms with E-state index in [-0.39, 0.29) is 46.1 Å². The second-order valence-corrected chi connectivity index (χ2v) is 23.5. The summed E-state index contributed by atoms with van der Waals surface area (Å²) in [5, 5.41) is -0.463. The van der Waals surface area contributed by atoms with Crippen LogP contribution in [0.2, 0.25) is 0 Å². The van der Waals surface area contributed by atoms with Crippen LogP contribution in [0.15, 0.2) is 20.1 Å². The molecule has 0 radical (unpaired) electrons. The summed E-state index contributed by atoms with van der Waals surface area (Å²) in [6.45, 7) is 2.84. The number of rotatable bonds is 44. The molecule has 2 rings (SSSR count). The number of nitrogens with zero attached hydrogens (tertiary/aromatic N) is 4. The molecule has 0 bridgehead atoms. The third kappa shape index (κ3) is 25.4. The van der Waals surface area contributed by atoms with E-state index in [0.29, 0.717) is 25.9 Å². The molecule has 494 valence electrons. The Balaban J connectivity index is 0.00000160. The number of alkyl halides is 18. The van der Waals surface area contributed by atoms with Crippen LogP contribution in [0, 0.1) is 9.54 Å². The molecule has 29 heteroatoms. The van der Waals surface area contributed by atoms with Crippen LogP contribution in [0.25, 0.3) is 0 Å². The second kappa shape index (κ2) is 39.2. The predicted molar refractivity (Wildman–Crippen MR) is 299 cm³/mol. The van der Waals surface area contributed by atoms with Crippen molar-refractivity contribution in [3.8, 4) is 0 Å². The first-order chi connectivity index (χ1) is 38.1. The second-order valence-electron chi connectivity index (χ2n) is 21.2. The third-order valence-electron chi connectivity index (χ3n) is 14.5. The number of imidazole rings is 2. The summed E-state index contributed by atoms with van der Waals surface area (Å²) in [6.07, 6.45) is 19.8. The molecular weight excluding hydrogens is 1300 g/mol. The molecule has 0 atom stereocenters. The molecule has 0 N–H and O–H groups in total. The van der Waals surface area contributed by atoms with Crippen LogP contribution >= 0.6 is 24.4 Å². The van der Waals surface area contributed by atoms with Crippen molar-refractivity contribution in [2.24, 2.45) is 0 Å². The number of halogens is 18. The Kier molecular flexibility index (Phi) is 38.7. The third-order valence-corrected chi connectivity index (χ3v) is 17.3. The van der Waals surface area contributed by atoms with Gasteiger partial charge in [-0.05, 0) is 37.3 Å². The van der Waals surface area contributed by atoms with Gasteiger partial charge in [0.25, 0.3) is 0 Å². The smallest absolute Gasteiger partial charge is 0.460 e. The molecule has 0 aromatic carbocycles. The molecule has 2 aromatic heterocycles. The van der Waals surface area contributed by atoms with Crippen molar-refractivity contribution in [2.75, 3.05) is 0 Å². The van der Waals surface area contributed by atoms with E-state index < -0.39 is 73.8 Å². The Hall–Kier alpha value is -1.03. The maximum absolute atomic E-state index is 14.0. The monoisotopic (exact) mass is 1380 g/mol. The molecule has 0 fully saturated rings. The van der Waals surface area contributed by atoms with Gasteiger partial charge in [0, 0.05) is 55.5 Å². The van der Waals surface area contributed by atoms with E-state index in [2.05, 4.69) is 13.8 Å². The van der Waals surface area contributed by atoms with Crippen molar-refractivity contribution in [1.82, 2.24) is 18.3 Å². The maximum atomic E-state index is 14.0. The van der Waals surface area contributed by atoms with Gasteiger partial charge in [0.2, 0.25) is 0 Å². The molecule has 0 aliphatic rings. The van der Waals surface area contributed by atoms with Gasteiger partial charge in [0.1, 0.15) is 0 Å². The molecular formula is C54H82F18N4NiS6-4. The number of hydrogen-bond acceptors (Lipinski definition) is 6. The van der Waals surface area contributed by atoms with Crippen LogP contribution in [0.4, 0.5) is 79.0 Å². The first-order valence-corrected chi connectivity index (χ1v) is 31.3. The molecule has 0 unspecified atom stereocenters. The summed E-state index contributed by atoms with van der Waals surface area (Å²) in [6, 6.07) is 0. The van der Waals surface area contributed by atoms with Gasteiger partial charge in [0.05, 0.1) is 0 Å². The molecule has 83 heavy (non-hydrogen) atoms. The van der Waals surface area contributed by atoms with E-state index in [1.54, 1.807) is 0 Å². The molecule has 0 spiro atoms. The van der Waals surface area contributed by atoms with Crippen molar-refractivity contribution in [1.29, 1.82) is 0 Å². The van der Waals surface area contributed by atoms with Crippen molar-refractivity contribution >= 4 is 75.0 Å². The van der Waals surface area contributed by atoms with Gasteiger partial charge in [-0.15, -0.1) is 20.1 Å². The molecule has 0 aliphatic carbocycles. The minimum Gasteiger partial charge on any atom is -0.762 e. The van der Waals surface area contributed by atoms with E-state index in [9.17, 15) is 79.0 Å². The van der Waals surface area contributed by atoms with E-state index in [1.807, 2.05) is 0 Å². The minimum absolute atomic E-state index is 0. The van der Waals surface area contributed by atoms with Gasteiger partial charge < -0.3 is 68.8 Å². The minimum atomic E-state index is -6.93. The van der Waals surface area contributed by atoms with Gasteiger partial charge in [-0.3, -0.25) is 0 Å². The van der Waals surface area contributed by atoms with Crippen LogP contribution in [-0.4, -0.2) is 66.2 Å². The van der Waals surface area contributed by atoms with E-state index in [1.165, 1.54) is 150 Å². The fourth-order valence-corrected chi connectivity index (χ4v) is 11.3. The number of hydrogen-bond donors (Lipinski definition) is 0. The van der Waals surface area contributed by atoms with Crippen LogP contribution in [-0.2, 0) is 93.2 Å². The predicted octanol–water partition coefficient (Wildman–Crippen LogP) is 21.9. The largest absolute Gasteiger partial charge is 0.762 e. The summed E-state index contributed by atoms with van der Waals surface area (Å²) < 4.78 is 241. The summed E-state index contributed by atoms with van der Waals surface area (Å²) in [4.78, 5) is 0. The van der Waals surface area contributed by atoms with Gasteiger partial charge >= 0.3 is 47.9 Å². The van der Waals surface area contributed by atoms with Gasteiger partial charge in [-0.2, -0.15) is 79.0 Å². The van der Waals surface area contributed by atoms with Crippen LogP contribution in [0.1, 0.15) is 232 Å². The Morgan fingerprint density at radius 1 is 0.277 bits per heavy atom. The van der Waals surface area contributed by atoms with Crippen molar-refractivity contribution in [3.05, 3.63) is 9.54 Å². The fraction of sp³-hybridized carbons (Fsp3) is 0.889. The van der Waals surface area contributed by atoms with Crippen LogP contribution < -0.4 is 0 Å². The van der Waals surface area contributed by atoms with Crippen molar-refractivity contribution < 1.29 is 95.5 Å². The molecule has 4 nitrogen and oxygen atoms in total. The summed E-state index contributed by atoms with van der Waals surface area (Å²) in [5.41, 5.74) is 0. The van der Waals surface area contributed by atoms with Crippen molar-refractivity contribution in [2.45, 2.75) is 326 Å². The number of aromatic nitrogens is 4. The first-order valence-electron chi connectivity index (χ1n) is 28.8. The topological polar surface area (TPSA) is 19.7 Å². The Labute approximate surface area is 521 Å². The van der Waals surface area contributed by atoms with E-state index in [0.717, 1.165) is 60.5 Å². The molecule has 2 heterocycles. The maximum Gasteiger partial charge on any atom is 0.460 e. The summed E-state index contributed by atoms with van der Waals surface area (Å²) >= 11 is 30.7. The molecule has 2 aromatic rings. The first kappa shape index (κ1) is 82.0. The Morgan fingerprint density at radius 2 is 0.446 bits per heavy atom. The standard InChI is InChI=1S/2C27H43F9N2S3.Ni/c2*1-2-3-4-5-6-7-8-9-10-11-12-13-14-15-16-17-19-37-21(39)22(40)38(23(37)41)20-18-24(28,29)25(30,31)26(32,33)27(34,35)36;/h2*39-40H,2-20H2,1H3;/p-4. The van der Waals surface area contributed by atoms with E-state index >= 15 is 0 Å². The van der Waals surface area contributed by atoms with Crippen LogP contribution in [0.3, 0.4) is 0 Å². The average molecular weight is 1380 g/mol. The summed E-state index contributed by atoms with van der Waals surface area (Å²) in [7, 11) is 0. The molecule has 0 saturated heterocycles. The quantitative estimate of drug-likeness (QED) is 0.0215. The SMILES string of the molecule is CCCCCCCCCCCCCCCCCCn1c([S-])c([S-])n(CCC(F)(F)C(F)(F)C(F)(F)C(F)(F)F)c1=S.CCCCCCCCCCCCCCCCCCn1c([S-])c([S-])n(CCC(F)(F)C(F)(F)C(F)(F)C(F)(F)F)c1=S.[Ni]. The number of unbranched alkanes of at least 4 members (excludes halogenated alkanes) is 30. The normalized spacial score (nSPS) is 13.2. The van der Waals surface area contributed by atoms with Gasteiger partial charge in [0.15, 0.2) is 9.54 Å². The van der Waals surface area contributed by atoms with E-state index in [4.69, 9.17) is 75.0 Å². The summed E-state index contributed by atoms with van der Waals surface area (Å²) in [5.74, 6) is -38.6. The van der Waals surface area contributed by atoms with Gasteiger partial charge in [-0.25, -0.2) is 0 Å². The zero-order valence-corrected chi connectivity index (χ0v) is 53.1. The zero-order valence-electron chi connectivity index (χ0n) is 47.2.